The van der Waals surface area contributed by atoms with E-state index < -0.39 is 0 Å². The van der Waals surface area contributed by atoms with E-state index in [1.54, 1.807) is 12.1 Å². The number of nitrogens with one attached hydrogen (secondary N) is 1. The van der Waals surface area contributed by atoms with Crippen LogP contribution in [-0.4, -0.2) is 9.97 Å². The van der Waals surface area contributed by atoms with Gasteiger partial charge in [0.25, 0.3) is 0 Å². The summed E-state index contributed by atoms with van der Waals surface area (Å²) >= 11 is 3.97. The maximum absolute atomic E-state index is 12.9. The Labute approximate surface area is 111 Å². The fourth-order valence-corrected chi connectivity index (χ4v) is 1.68. The van der Waals surface area contributed by atoms with Crippen molar-refractivity contribution in [3.63, 3.8) is 0 Å². The summed E-state index contributed by atoms with van der Waals surface area (Å²) in [6.45, 7) is 4.11. The molecular weight excluding hydrogens is 249 g/mol. The number of aromatic nitrogens is 2. The average Bonchev–Trinajstić information content (AvgIpc) is 2.39. The van der Waals surface area contributed by atoms with Crippen LogP contribution in [0.5, 0.6) is 0 Å². The molecule has 0 aliphatic carbocycles. The summed E-state index contributed by atoms with van der Waals surface area (Å²) in [5.41, 5.74) is 2.52. The van der Waals surface area contributed by atoms with Crippen molar-refractivity contribution in [2.45, 2.75) is 19.8 Å². The highest BCUT2D eigenvalue weighted by atomic mass is 32.1. The smallest absolute Gasteiger partial charge is 0.233 e. The summed E-state index contributed by atoms with van der Waals surface area (Å²) < 4.78 is 15.5. The van der Waals surface area contributed by atoms with Gasteiger partial charge in [0.1, 0.15) is 5.82 Å². The van der Waals surface area contributed by atoms with Crippen LogP contribution in [0.1, 0.15) is 25.5 Å². The minimum Gasteiger partial charge on any atom is -0.301 e. The maximum Gasteiger partial charge on any atom is 0.233 e. The minimum absolute atomic E-state index is 0.260. The maximum atomic E-state index is 12.9. The molecule has 0 saturated heterocycles. The predicted molar refractivity (Wildman–Crippen MR) is 74.1 cm³/mol. The third-order valence-corrected chi connectivity index (χ3v) is 2.78. The van der Waals surface area contributed by atoms with Crippen molar-refractivity contribution in [3.8, 4) is 11.3 Å². The van der Waals surface area contributed by atoms with Gasteiger partial charge >= 0.3 is 0 Å². The van der Waals surface area contributed by atoms with Gasteiger partial charge in [-0.15, -0.1) is 0 Å². The molecule has 1 heterocycles. The van der Waals surface area contributed by atoms with Gasteiger partial charge in [-0.25, -0.2) is 14.4 Å². The second-order valence-corrected chi connectivity index (χ2v) is 4.50. The zero-order valence-electron chi connectivity index (χ0n) is 10.2. The number of nitrogens with zero attached hydrogens (tertiary/aromatic N) is 2. The molecule has 0 saturated carbocycles. The molecule has 94 valence electrons. The Morgan fingerprint density at radius 3 is 2.39 bits per heavy atom. The lowest BCUT2D eigenvalue weighted by atomic mass is 10.1. The van der Waals surface area contributed by atoms with Gasteiger partial charge in [0.05, 0.1) is 5.69 Å². The summed E-state index contributed by atoms with van der Waals surface area (Å²) in [6, 6.07) is 8.14. The molecule has 3 nitrogen and oxygen atoms in total. The molecule has 0 radical (unpaired) electrons. The fourth-order valence-electron chi connectivity index (χ4n) is 1.58. The molecule has 1 aromatic carbocycles. The summed E-state index contributed by atoms with van der Waals surface area (Å²) in [6.07, 6.45) is 0. The quantitative estimate of drug-likeness (QED) is 0.830. The van der Waals surface area contributed by atoms with Crippen molar-refractivity contribution in [1.29, 1.82) is 0 Å². The molecule has 0 spiro atoms. The second kappa shape index (κ2) is 5.35. The first kappa shape index (κ1) is 12.8. The Morgan fingerprint density at radius 1 is 1.17 bits per heavy atom. The zero-order chi connectivity index (χ0) is 13.1. The minimum atomic E-state index is -0.260. The van der Waals surface area contributed by atoms with Crippen molar-refractivity contribution >= 4 is 18.8 Å². The highest BCUT2D eigenvalue weighted by molar-refractivity contribution is 7.81. The van der Waals surface area contributed by atoms with Gasteiger partial charge in [-0.3, -0.25) is 0 Å². The summed E-state index contributed by atoms with van der Waals surface area (Å²) in [5.74, 6) is 0.473. The van der Waals surface area contributed by atoms with Crippen LogP contribution in [-0.2, 0) is 0 Å². The van der Waals surface area contributed by atoms with Gasteiger partial charge in [-0.1, -0.05) is 26.7 Å². The number of rotatable bonds is 3. The molecular formula is C13H14FN3S. The molecule has 0 aliphatic heterocycles. The molecule has 2 aromatic rings. The van der Waals surface area contributed by atoms with E-state index >= 15 is 0 Å². The van der Waals surface area contributed by atoms with Crippen LogP contribution in [0, 0.1) is 5.82 Å². The summed E-state index contributed by atoms with van der Waals surface area (Å²) in [4.78, 5) is 8.63. The van der Waals surface area contributed by atoms with E-state index in [2.05, 4.69) is 41.4 Å². The monoisotopic (exact) mass is 263 g/mol. The molecule has 0 amide bonds. The van der Waals surface area contributed by atoms with Crippen molar-refractivity contribution in [3.05, 3.63) is 41.8 Å². The van der Waals surface area contributed by atoms with Crippen LogP contribution in [0.4, 0.5) is 10.3 Å². The van der Waals surface area contributed by atoms with Gasteiger partial charge in [-0.05, 0) is 36.2 Å². The molecule has 5 heteroatoms. The van der Waals surface area contributed by atoms with Crippen molar-refractivity contribution in [1.82, 2.24) is 9.97 Å². The molecule has 0 fully saturated rings. The highest BCUT2D eigenvalue weighted by Gasteiger charge is 2.08. The third-order valence-electron chi connectivity index (χ3n) is 2.58. The first-order chi connectivity index (χ1) is 8.60. The SMILES string of the molecule is CC(C)c1cc(-c2ccc(F)cc2)nc(NS)n1. The van der Waals surface area contributed by atoms with Gasteiger partial charge in [0.15, 0.2) is 0 Å². The summed E-state index contributed by atoms with van der Waals surface area (Å²) in [7, 11) is 0. The Hall–Kier alpha value is -1.62. The van der Waals surface area contributed by atoms with E-state index in [1.165, 1.54) is 12.1 Å². The number of halogens is 1. The first-order valence-electron chi connectivity index (χ1n) is 5.65. The van der Waals surface area contributed by atoms with E-state index in [9.17, 15) is 4.39 Å². The van der Waals surface area contributed by atoms with Crippen LogP contribution in [0.25, 0.3) is 11.3 Å². The van der Waals surface area contributed by atoms with E-state index in [1.807, 2.05) is 6.07 Å². The lowest BCUT2D eigenvalue weighted by Crippen LogP contribution is -2.00. The second-order valence-electron chi connectivity index (χ2n) is 4.28. The molecule has 18 heavy (non-hydrogen) atoms. The molecule has 1 N–H and O–H groups in total. The number of thiol groups is 1. The number of hydrogen-bond acceptors (Lipinski definition) is 4. The molecule has 0 bridgehead atoms. The van der Waals surface area contributed by atoms with Crippen molar-refractivity contribution < 1.29 is 4.39 Å². The summed E-state index contributed by atoms with van der Waals surface area (Å²) in [5, 5.41) is 0. The van der Waals surface area contributed by atoms with Crippen molar-refractivity contribution in [2.24, 2.45) is 0 Å². The normalized spacial score (nSPS) is 10.7. The van der Waals surface area contributed by atoms with Gasteiger partial charge < -0.3 is 4.72 Å². The lowest BCUT2D eigenvalue weighted by molar-refractivity contribution is 0.628. The Balaban J connectivity index is 2.49. The average molecular weight is 263 g/mol. The van der Waals surface area contributed by atoms with Gasteiger partial charge in [0, 0.05) is 11.3 Å². The number of hydrogen-bond donors (Lipinski definition) is 2. The highest BCUT2D eigenvalue weighted by Crippen LogP contribution is 2.23. The van der Waals surface area contributed by atoms with Gasteiger partial charge in [0.2, 0.25) is 5.95 Å². The molecule has 0 unspecified atom stereocenters. The molecule has 1 aromatic heterocycles. The largest absolute Gasteiger partial charge is 0.301 e. The predicted octanol–water partition coefficient (Wildman–Crippen LogP) is 3.66. The van der Waals surface area contributed by atoms with Crippen LogP contribution < -0.4 is 4.72 Å². The lowest BCUT2D eigenvalue weighted by Gasteiger charge is -2.09. The van der Waals surface area contributed by atoms with Crippen LogP contribution >= 0.6 is 12.8 Å². The van der Waals surface area contributed by atoms with E-state index in [0.717, 1.165) is 17.0 Å². The molecule has 0 aliphatic rings. The van der Waals surface area contributed by atoms with Crippen LogP contribution in [0.15, 0.2) is 30.3 Å². The topological polar surface area (TPSA) is 37.8 Å². The number of anilines is 1. The standard InChI is InChI=1S/C13H14FN3S/c1-8(2)11-7-12(16-13(15-11)17-18)9-3-5-10(14)6-4-9/h3-8,18H,1-2H3,(H,15,16,17). The first-order valence-corrected chi connectivity index (χ1v) is 6.10. The molecule has 2 rings (SSSR count). The number of benzene rings is 1. The van der Waals surface area contributed by atoms with E-state index in [0.29, 0.717) is 5.95 Å². The zero-order valence-corrected chi connectivity index (χ0v) is 11.1. The van der Waals surface area contributed by atoms with Crippen LogP contribution in [0.3, 0.4) is 0 Å². The Morgan fingerprint density at radius 2 is 1.83 bits per heavy atom. The van der Waals surface area contributed by atoms with E-state index in [-0.39, 0.29) is 11.7 Å². The van der Waals surface area contributed by atoms with E-state index in [4.69, 9.17) is 0 Å². The Kier molecular flexibility index (Phi) is 3.81. The third kappa shape index (κ3) is 2.79. The Bertz CT molecular complexity index is 540. The fraction of sp³-hybridized carbons (Fsp3) is 0.231. The van der Waals surface area contributed by atoms with Crippen LogP contribution in [0.2, 0.25) is 0 Å². The van der Waals surface area contributed by atoms with Crippen molar-refractivity contribution in [2.75, 3.05) is 4.72 Å². The van der Waals surface area contributed by atoms with Gasteiger partial charge in [-0.2, -0.15) is 0 Å². The molecule has 0 atom stereocenters.